The maximum Gasteiger partial charge on any atom is 0.243 e. The van der Waals surface area contributed by atoms with Crippen LogP contribution in [0.25, 0.3) is 5.69 Å². The highest BCUT2D eigenvalue weighted by Crippen LogP contribution is 2.10. The lowest BCUT2D eigenvalue weighted by Gasteiger charge is -2.06. The number of nitrogens with zero attached hydrogens (tertiary/aromatic N) is 7. The van der Waals surface area contributed by atoms with Gasteiger partial charge in [0.25, 0.3) is 0 Å². The molecule has 2 heterocycles. The minimum absolute atomic E-state index is 0.485. The van der Waals surface area contributed by atoms with Crippen molar-refractivity contribution in [2.75, 3.05) is 5.43 Å². The number of rotatable bonds is 4. The van der Waals surface area contributed by atoms with Crippen molar-refractivity contribution in [1.29, 1.82) is 0 Å². The first-order valence-electron chi connectivity index (χ1n) is 7.08. The second-order valence-electron chi connectivity index (χ2n) is 5.09. The molecule has 3 aromatic rings. The van der Waals surface area contributed by atoms with Crippen molar-refractivity contribution < 1.29 is 0 Å². The van der Waals surface area contributed by atoms with Crippen LogP contribution in [0.3, 0.4) is 0 Å². The highest BCUT2D eigenvalue weighted by atomic mass is 15.5. The van der Waals surface area contributed by atoms with Crippen molar-refractivity contribution in [1.82, 2.24) is 30.2 Å². The van der Waals surface area contributed by atoms with Gasteiger partial charge in [-0.25, -0.2) is 20.1 Å². The number of hydrogen-bond donors (Lipinski definition) is 1. The van der Waals surface area contributed by atoms with Crippen LogP contribution in [0, 0.1) is 13.8 Å². The van der Waals surface area contributed by atoms with E-state index in [1.165, 1.54) is 0 Å². The van der Waals surface area contributed by atoms with Crippen LogP contribution in [0.1, 0.15) is 23.9 Å². The van der Waals surface area contributed by atoms with Crippen LogP contribution in [0.5, 0.6) is 0 Å². The lowest BCUT2D eigenvalue weighted by atomic mass is 10.1. The van der Waals surface area contributed by atoms with E-state index in [0.29, 0.717) is 5.95 Å². The average molecular weight is 308 g/mol. The quantitative estimate of drug-likeness (QED) is 0.584. The van der Waals surface area contributed by atoms with Crippen LogP contribution in [-0.2, 0) is 0 Å². The van der Waals surface area contributed by atoms with Crippen molar-refractivity contribution in [3.63, 3.8) is 0 Å². The van der Waals surface area contributed by atoms with Crippen molar-refractivity contribution in [2.45, 2.75) is 20.8 Å². The predicted molar refractivity (Wildman–Crippen MR) is 86.5 cm³/mol. The van der Waals surface area contributed by atoms with Gasteiger partial charge < -0.3 is 0 Å². The summed E-state index contributed by atoms with van der Waals surface area (Å²) in [5.41, 5.74) is 7.32. The first-order valence-corrected chi connectivity index (χ1v) is 7.08. The van der Waals surface area contributed by atoms with Gasteiger partial charge in [0.2, 0.25) is 5.95 Å². The summed E-state index contributed by atoms with van der Waals surface area (Å²) in [5, 5.41) is 15.5. The van der Waals surface area contributed by atoms with E-state index < -0.39 is 0 Å². The van der Waals surface area contributed by atoms with Gasteiger partial charge in [0, 0.05) is 11.4 Å². The summed E-state index contributed by atoms with van der Waals surface area (Å²) in [6.07, 6.45) is 1.55. The zero-order valence-corrected chi connectivity index (χ0v) is 13.1. The molecule has 2 aromatic heterocycles. The molecule has 0 aliphatic carbocycles. The van der Waals surface area contributed by atoms with E-state index in [4.69, 9.17) is 0 Å². The molecule has 8 heteroatoms. The summed E-state index contributed by atoms with van der Waals surface area (Å²) >= 11 is 0. The fraction of sp³-hybridized carbons (Fsp3) is 0.200. The Morgan fingerprint density at radius 3 is 2.61 bits per heavy atom. The van der Waals surface area contributed by atoms with E-state index in [-0.39, 0.29) is 0 Å². The minimum atomic E-state index is 0.485. The average Bonchev–Trinajstić information content (AvgIpc) is 3.06. The van der Waals surface area contributed by atoms with E-state index >= 15 is 0 Å². The number of nitrogens with one attached hydrogen (secondary N) is 1. The molecule has 0 radical (unpaired) electrons. The summed E-state index contributed by atoms with van der Waals surface area (Å²) in [4.78, 5) is 8.60. The first kappa shape index (κ1) is 14.8. The molecule has 0 aliphatic rings. The number of aromatic nitrogens is 6. The smallest absolute Gasteiger partial charge is 0.243 e. The standard InChI is InChI=1S/C15H16N8/c1-10-7-11(2)18-15(17-10)20-19-12(3)13-5-4-6-14(8-13)23-9-16-21-22-23/h4-9H,1-3H3,(H,17,18,20)/b19-12+. The topological polar surface area (TPSA) is 93.8 Å². The Kier molecular flexibility index (Phi) is 4.05. The summed E-state index contributed by atoms with van der Waals surface area (Å²) in [6.45, 7) is 5.76. The van der Waals surface area contributed by atoms with Gasteiger partial charge in [0.1, 0.15) is 6.33 Å². The van der Waals surface area contributed by atoms with Gasteiger partial charge in [-0.05, 0) is 55.0 Å². The molecule has 0 atom stereocenters. The third-order valence-corrected chi connectivity index (χ3v) is 3.18. The Bertz CT molecular complexity index is 818. The zero-order valence-electron chi connectivity index (χ0n) is 13.1. The maximum atomic E-state index is 4.35. The van der Waals surface area contributed by atoms with E-state index in [9.17, 15) is 0 Å². The molecule has 0 saturated carbocycles. The van der Waals surface area contributed by atoms with Crippen LogP contribution in [0.2, 0.25) is 0 Å². The Balaban J connectivity index is 1.82. The number of hydrogen-bond acceptors (Lipinski definition) is 7. The largest absolute Gasteiger partial charge is 0.245 e. The van der Waals surface area contributed by atoms with Crippen LogP contribution >= 0.6 is 0 Å². The molecule has 0 aliphatic heterocycles. The minimum Gasteiger partial charge on any atom is -0.245 e. The predicted octanol–water partition coefficient (Wildman–Crippen LogP) is 1.91. The molecule has 23 heavy (non-hydrogen) atoms. The van der Waals surface area contributed by atoms with Gasteiger partial charge in [-0.2, -0.15) is 5.10 Å². The van der Waals surface area contributed by atoms with Gasteiger partial charge >= 0.3 is 0 Å². The van der Waals surface area contributed by atoms with Crippen molar-refractivity contribution in [2.24, 2.45) is 5.10 Å². The monoisotopic (exact) mass is 308 g/mol. The third kappa shape index (κ3) is 3.54. The lowest BCUT2D eigenvalue weighted by Crippen LogP contribution is -2.05. The number of anilines is 1. The molecular formula is C15H16N8. The Morgan fingerprint density at radius 2 is 1.91 bits per heavy atom. The number of hydrazone groups is 1. The van der Waals surface area contributed by atoms with Crippen LogP contribution in [0.15, 0.2) is 41.8 Å². The molecule has 1 aromatic carbocycles. The van der Waals surface area contributed by atoms with Gasteiger partial charge in [-0.15, -0.1) is 5.10 Å². The summed E-state index contributed by atoms with van der Waals surface area (Å²) in [6, 6.07) is 9.69. The molecule has 0 amide bonds. The lowest BCUT2D eigenvalue weighted by molar-refractivity contribution is 0.789. The molecule has 3 rings (SSSR count). The first-order chi connectivity index (χ1) is 11.1. The van der Waals surface area contributed by atoms with Crippen LogP contribution in [0.4, 0.5) is 5.95 Å². The molecular weight excluding hydrogens is 292 g/mol. The molecule has 8 nitrogen and oxygen atoms in total. The Labute approximate surface area is 133 Å². The highest BCUT2D eigenvalue weighted by Gasteiger charge is 2.03. The molecule has 0 fully saturated rings. The zero-order chi connectivity index (χ0) is 16.2. The third-order valence-electron chi connectivity index (χ3n) is 3.18. The normalized spacial score (nSPS) is 11.5. The van der Waals surface area contributed by atoms with Crippen LogP contribution < -0.4 is 5.43 Å². The summed E-state index contributed by atoms with van der Waals surface area (Å²) in [7, 11) is 0. The highest BCUT2D eigenvalue weighted by molar-refractivity contribution is 5.99. The Hall–Kier alpha value is -3.16. The second kappa shape index (κ2) is 6.30. The Morgan fingerprint density at radius 1 is 1.13 bits per heavy atom. The van der Waals surface area contributed by atoms with Crippen molar-refractivity contribution in [3.05, 3.63) is 53.6 Å². The van der Waals surface area contributed by atoms with Crippen LogP contribution in [-0.4, -0.2) is 35.9 Å². The molecule has 1 N–H and O–H groups in total. The summed E-state index contributed by atoms with van der Waals surface area (Å²) in [5.74, 6) is 0.485. The SMILES string of the molecule is C/C(=N\Nc1nc(C)cc(C)n1)c1cccc(-n2cnnn2)c1. The number of tetrazole rings is 1. The molecule has 0 bridgehead atoms. The van der Waals surface area contributed by atoms with E-state index in [0.717, 1.165) is 28.4 Å². The van der Waals surface area contributed by atoms with Gasteiger partial charge in [-0.1, -0.05) is 12.1 Å². The van der Waals surface area contributed by atoms with E-state index in [1.54, 1.807) is 11.0 Å². The van der Waals surface area contributed by atoms with Gasteiger partial charge in [0.15, 0.2) is 0 Å². The number of benzene rings is 1. The number of aryl methyl sites for hydroxylation is 2. The van der Waals surface area contributed by atoms with Gasteiger partial charge in [0.05, 0.1) is 11.4 Å². The van der Waals surface area contributed by atoms with E-state index in [1.807, 2.05) is 51.1 Å². The fourth-order valence-corrected chi connectivity index (χ4v) is 2.13. The van der Waals surface area contributed by atoms with Crippen molar-refractivity contribution >= 4 is 11.7 Å². The molecule has 0 spiro atoms. The van der Waals surface area contributed by atoms with E-state index in [2.05, 4.69) is 36.0 Å². The summed E-state index contributed by atoms with van der Waals surface area (Å²) < 4.78 is 1.59. The molecule has 116 valence electrons. The molecule has 0 unspecified atom stereocenters. The fourth-order valence-electron chi connectivity index (χ4n) is 2.13. The second-order valence-corrected chi connectivity index (χ2v) is 5.09. The maximum absolute atomic E-state index is 4.35. The molecule has 0 saturated heterocycles. The van der Waals surface area contributed by atoms with Crippen molar-refractivity contribution in [3.8, 4) is 5.69 Å². The van der Waals surface area contributed by atoms with Gasteiger partial charge in [-0.3, -0.25) is 0 Å².